The zero-order chi connectivity index (χ0) is 22.8. The molecule has 1 aliphatic rings. The Morgan fingerprint density at radius 2 is 1.67 bits per heavy atom. The monoisotopic (exact) mass is 441 g/mol. The molecule has 33 heavy (non-hydrogen) atoms. The van der Waals surface area contributed by atoms with Crippen LogP contribution in [-0.4, -0.2) is 24.4 Å². The second-order valence-corrected chi connectivity index (χ2v) is 7.68. The minimum absolute atomic E-state index is 0.184. The first-order chi connectivity index (χ1) is 16.1. The smallest absolute Gasteiger partial charge is 0.323 e. The number of aryl methyl sites for hydroxylation is 1. The number of fused-ring (bicyclic) bond motifs is 2. The predicted octanol–water partition coefficient (Wildman–Crippen LogP) is 5.98. The normalized spacial score (nSPS) is 11.9. The van der Waals surface area contributed by atoms with Crippen LogP contribution in [0.25, 0.3) is 22.2 Å². The zero-order valence-corrected chi connectivity index (χ0v) is 18.3. The molecule has 0 saturated heterocycles. The van der Waals surface area contributed by atoms with Gasteiger partial charge in [0.15, 0.2) is 11.5 Å². The summed E-state index contributed by atoms with van der Waals surface area (Å²) in [4.78, 5) is 17.4. The molecule has 4 aromatic rings. The first kappa shape index (κ1) is 20.6. The lowest BCUT2D eigenvalue weighted by Gasteiger charge is -2.13. The third kappa shape index (κ3) is 4.39. The van der Waals surface area contributed by atoms with Gasteiger partial charge in [0.2, 0.25) is 6.79 Å². The highest BCUT2D eigenvalue weighted by Gasteiger charge is 2.15. The molecule has 0 spiro atoms. The molecule has 0 unspecified atom stereocenters. The molecule has 166 valence electrons. The van der Waals surface area contributed by atoms with Crippen LogP contribution in [-0.2, 0) is 0 Å². The molecular weight excluding hydrogens is 418 g/mol. The number of ether oxygens (including phenoxy) is 3. The van der Waals surface area contributed by atoms with Gasteiger partial charge in [-0.2, -0.15) is 0 Å². The summed E-state index contributed by atoms with van der Waals surface area (Å²) in [7, 11) is 0. The first-order valence-corrected chi connectivity index (χ1v) is 10.7. The largest absolute Gasteiger partial charge is 0.493 e. The van der Waals surface area contributed by atoms with Gasteiger partial charge in [-0.25, -0.2) is 9.78 Å². The number of benzene rings is 3. The summed E-state index contributed by atoms with van der Waals surface area (Å²) in [5.74, 6) is 1.99. The Morgan fingerprint density at radius 3 is 2.45 bits per heavy atom. The summed E-state index contributed by atoms with van der Waals surface area (Å²) in [5.41, 5.74) is 5.09. The lowest BCUT2D eigenvalue weighted by Crippen LogP contribution is -2.19. The van der Waals surface area contributed by atoms with Gasteiger partial charge in [-0.15, -0.1) is 0 Å². The number of nitrogens with zero attached hydrogens (tertiary/aromatic N) is 1. The molecule has 7 heteroatoms. The third-order valence-electron chi connectivity index (χ3n) is 5.31. The van der Waals surface area contributed by atoms with Crippen LogP contribution in [0, 0.1) is 6.92 Å². The van der Waals surface area contributed by atoms with E-state index in [2.05, 4.69) is 41.8 Å². The Morgan fingerprint density at radius 1 is 0.939 bits per heavy atom. The molecule has 0 fully saturated rings. The summed E-state index contributed by atoms with van der Waals surface area (Å²) in [6.07, 6.45) is 0. The molecule has 1 aromatic heterocycles. The average Bonchev–Trinajstić information content (AvgIpc) is 3.28. The maximum Gasteiger partial charge on any atom is 0.323 e. The van der Waals surface area contributed by atoms with E-state index in [9.17, 15) is 4.79 Å². The number of hydrogen-bond donors (Lipinski definition) is 2. The minimum Gasteiger partial charge on any atom is -0.493 e. The van der Waals surface area contributed by atoms with Crippen molar-refractivity contribution >= 4 is 28.3 Å². The number of carbonyl (C=O) groups is 1. The molecular formula is C26H23N3O4. The van der Waals surface area contributed by atoms with Gasteiger partial charge >= 0.3 is 6.03 Å². The van der Waals surface area contributed by atoms with E-state index in [1.54, 1.807) is 18.2 Å². The van der Waals surface area contributed by atoms with E-state index in [0.717, 1.165) is 27.9 Å². The Hall–Kier alpha value is -4.26. The van der Waals surface area contributed by atoms with Gasteiger partial charge in [0.1, 0.15) is 5.75 Å². The summed E-state index contributed by atoms with van der Waals surface area (Å²) in [6, 6.07) is 20.6. The van der Waals surface area contributed by atoms with Gasteiger partial charge < -0.3 is 24.8 Å². The van der Waals surface area contributed by atoms with E-state index >= 15 is 0 Å². The highest BCUT2D eigenvalue weighted by atomic mass is 16.7. The van der Waals surface area contributed by atoms with Crippen molar-refractivity contribution in [2.75, 3.05) is 24.0 Å². The van der Waals surface area contributed by atoms with Gasteiger partial charge in [-0.3, -0.25) is 0 Å². The second kappa shape index (κ2) is 8.70. The van der Waals surface area contributed by atoms with E-state index in [-0.39, 0.29) is 12.8 Å². The fourth-order valence-corrected chi connectivity index (χ4v) is 3.69. The molecule has 1 aliphatic heterocycles. The van der Waals surface area contributed by atoms with Crippen molar-refractivity contribution in [2.24, 2.45) is 0 Å². The average molecular weight is 441 g/mol. The molecule has 0 aliphatic carbocycles. The highest BCUT2D eigenvalue weighted by molar-refractivity contribution is 6.01. The van der Waals surface area contributed by atoms with Crippen molar-refractivity contribution in [3.8, 4) is 28.5 Å². The van der Waals surface area contributed by atoms with Crippen molar-refractivity contribution < 1.29 is 19.0 Å². The first-order valence-electron chi connectivity index (χ1n) is 10.7. The number of aromatic nitrogens is 1. The quantitative estimate of drug-likeness (QED) is 0.398. The Labute approximate surface area is 191 Å². The predicted molar refractivity (Wildman–Crippen MR) is 128 cm³/mol. The maximum absolute atomic E-state index is 12.6. The van der Waals surface area contributed by atoms with Crippen molar-refractivity contribution in [1.29, 1.82) is 0 Å². The van der Waals surface area contributed by atoms with Crippen LogP contribution >= 0.6 is 0 Å². The van der Waals surface area contributed by atoms with Gasteiger partial charge in [-0.1, -0.05) is 29.8 Å². The van der Waals surface area contributed by atoms with Gasteiger partial charge in [0.25, 0.3) is 0 Å². The molecule has 7 nitrogen and oxygen atoms in total. The number of amides is 2. The Balaban J connectivity index is 1.40. The fourth-order valence-electron chi connectivity index (χ4n) is 3.69. The number of rotatable bonds is 5. The number of nitrogens with one attached hydrogen (secondary N) is 2. The fraction of sp³-hybridized carbons (Fsp3) is 0.154. The number of pyridine rings is 1. The number of anilines is 2. The standard InChI is InChI=1S/C26H23N3O4/c1-3-31-24-14-22(17-6-4-16(2)5-7-17)29-21-10-8-18(12-20(21)24)27-26(30)28-19-9-11-23-25(13-19)33-15-32-23/h4-14H,3,15H2,1-2H3,(H2,27,28,30). The number of hydrogen-bond acceptors (Lipinski definition) is 5. The molecule has 5 rings (SSSR count). The molecule has 2 heterocycles. The third-order valence-corrected chi connectivity index (χ3v) is 5.31. The Bertz CT molecular complexity index is 1340. The lowest BCUT2D eigenvalue weighted by molar-refractivity contribution is 0.174. The van der Waals surface area contributed by atoms with Gasteiger partial charge in [0.05, 0.1) is 17.8 Å². The molecule has 2 amide bonds. The van der Waals surface area contributed by atoms with Crippen molar-refractivity contribution in [3.63, 3.8) is 0 Å². The highest BCUT2D eigenvalue weighted by Crippen LogP contribution is 2.35. The van der Waals surface area contributed by atoms with Crippen LogP contribution < -0.4 is 24.8 Å². The molecule has 3 aromatic carbocycles. The van der Waals surface area contributed by atoms with Crippen LogP contribution in [0.1, 0.15) is 12.5 Å². The summed E-state index contributed by atoms with van der Waals surface area (Å²) in [5, 5.41) is 6.50. The van der Waals surface area contributed by atoms with E-state index in [1.807, 2.05) is 31.2 Å². The van der Waals surface area contributed by atoms with E-state index in [0.29, 0.717) is 29.5 Å². The van der Waals surface area contributed by atoms with Crippen LogP contribution in [0.4, 0.5) is 16.2 Å². The van der Waals surface area contributed by atoms with Crippen LogP contribution in [0.15, 0.2) is 66.7 Å². The van der Waals surface area contributed by atoms with Crippen LogP contribution in [0.5, 0.6) is 17.2 Å². The van der Waals surface area contributed by atoms with Crippen molar-refractivity contribution in [3.05, 3.63) is 72.3 Å². The summed E-state index contributed by atoms with van der Waals surface area (Å²) in [6.45, 7) is 4.71. The SMILES string of the molecule is CCOc1cc(-c2ccc(C)cc2)nc2ccc(NC(=O)Nc3ccc4c(c3)OCO4)cc12. The summed E-state index contributed by atoms with van der Waals surface area (Å²) < 4.78 is 16.6. The molecule has 0 radical (unpaired) electrons. The van der Waals surface area contributed by atoms with Crippen molar-refractivity contribution in [1.82, 2.24) is 4.98 Å². The molecule has 0 bridgehead atoms. The minimum atomic E-state index is -0.365. The van der Waals surface area contributed by atoms with Gasteiger partial charge in [0, 0.05) is 34.5 Å². The number of carbonyl (C=O) groups excluding carboxylic acids is 1. The van der Waals surface area contributed by atoms with E-state index < -0.39 is 0 Å². The molecule has 0 saturated carbocycles. The van der Waals surface area contributed by atoms with E-state index in [4.69, 9.17) is 19.2 Å². The molecule has 0 atom stereocenters. The maximum atomic E-state index is 12.6. The topological polar surface area (TPSA) is 81.7 Å². The zero-order valence-electron chi connectivity index (χ0n) is 18.3. The second-order valence-electron chi connectivity index (χ2n) is 7.68. The lowest BCUT2D eigenvalue weighted by atomic mass is 10.1. The van der Waals surface area contributed by atoms with Gasteiger partial charge in [-0.05, 0) is 44.2 Å². The van der Waals surface area contributed by atoms with Crippen molar-refractivity contribution in [2.45, 2.75) is 13.8 Å². The summed E-state index contributed by atoms with van der Waals surface area (Å²) >= 11 is 0. The van der Waals surface area contributed by atoms with Crippen LogP contribution in [0.2, 0.25) is 0 Å². The number of urea groups is 1. The van der Waals surface area contributed by atoms with E-state index in [1.165, 1.54) is 5.56 Å². The molecule has 2 N–H and O–H groups in total. The Kier molecular flexibility index (Phi) is 5.44. The van der Waals surface area contributed by atoms with Crippen LogP contribution in [0.3, 0.4) is 0 Å².